The molecule has 0 bridgehead atoms. The van der Waals surface area contributed by atoms with E-state index >= 15 is 0 Å². The van der Waals surface area contributed by atoms with Gasteiger partial charge in [-0.1, -0.05) is 6.07 Å². The van der Waals surface area contributed by atoms with Crippen LogP contribution in [-0.4, -0.2) is 95.8 Å². The Labute approximate surface area is 217 Å². The summed E-state index contributed by atoms with van der Waals surface area (Å²) in [6.45, 7) is 2.86. The Hall–Kier alpha value is -3.48. The van der Waals surface area contributed by atoms with E-state index in [0.717, 1.165) is 4.90 Å². The molecule has 2 saturated heterocycles. The molecule has 4 rings (SSSR count). The van der Waals surface area contributed by atoms with Gasteiger partial charge in [-0.2, -0.15) is 13.2 Å². The van der Waals surface area contributed by atoms with E-state index in [4.69, 9.17) is 4.74 Å². The molecule has 1 atom stereocenters. The molecule has 1 unspecified atom stereocenters. The second kappa shape index (κ2) is 11.5. The maximum atomic E-state index is 13.1. The third-order valence-corrected chi connectivity index (χ3v) is 6.87. The van der Waals surface area contributed by atoms with Gasteiger partial charge in [-0.3, -0.25) is 34.2 Å². The van der Waals surface area contributed by atoms with E-state index in [1.54, 1.807) is 12.1 Å². The highest BCUT2D eigenvalue weighted by Crippen LogP contribution is 2.33. The van der Waals surface area contributed by atoms with Crippen molar-refractivity contribution in [1.82, 2.24) is 20.0 Å². The molecule has 1 aromatic rings. The fourth-order valence-corrected chi connectivity index (χ4v) is 4.93. The topological polar surface area (TPSA) is 116 Å². The van der Waals surface area contributed by atoms with E-state index < -0.39 is 54.6 Å². The minimum Gasteiger partial charge on any atom is -0.493 e. The van der Waals surface area contributed by atoms with Gasteiger partial charge < -0.3 is 14.5 Å². The van der Waals surface area contributed by atoms with Crippen LogP contribution in [0.25, 0.3) is 0 Å². The highest BCUT2D eigenvalue weighted by Gasteiger charge is 2.46. The van der Waals surface area contributed by atoms with Gasteiger partial charge in [0.15, 0.2) is 0 Å². The van der Waals surface area contributed by atoms with Gasteiger partial charge in [0.1, 0.15) is 11.8 Å². The van der Waals surface area contributed by atoms with Crippen LogP contribution in [0, 0.1) is 0 Å². The molecule has 10 nitrogen and oxygen atoms in total. The van der Waals surface area contributed by atoms with Crippen molar-refractivity contribution in [3.8, 4) is 5.75 Å². The van der Waals surface area contributed by atoms with Crippen molar-refractivity contribution in [3.63, 3.8) is 0 Å². The summed E-state index contributed by atoms with van der Waals surface area (Å²) in [5, 5.41) is 2.16. The quantitative estimate of drug-likeness (QED) is 0.396. The Bertz CT molecular complexity index is 1120. The number of carbonyl (C=O) groups is 5. The number of ether oxygens (including phenoxy) is 1. The van der Waals surface area contributed by atoms with Crippen LogP contribution in [-0.2, 0) is 14.4 Å². The van der Waals surface area contributed by atoms with Crippen molar-refractivity contribution < 1.29 is 41.9 Å². The summed E-state index contributed by atoms with van der Waals surface area (Å²) < 4.78 is 43.1. The predicted molar refractivity (Wildman–Crippen MR) is 126 cm³/mol. The molecule has 1 aromatic carbocycles. The SMILES string of the molecule is O=C1CCC(N2C(=O)c3cccc(OCCCN4CCCN(C(=O)CCC(F)(F)F)CC4)c3C2=O)C(=O)N1. The van der Waals surface area contributed by atoms with Gasteiger partial charge >= 0.3 is 6.18 Å². The summed E-state index contributed by atoms with van der Waals surface area (Å²) in [5.74, 6) is -2.64. The van der Waals surface area contributed by atoms with Gasteiger partial charge in [-0.05, 0) is 37.9 Å². The normalized spacial score (nSPS) is 20.9. The second-order valence-electron chi connectivity index (χ2n) is 9.52. The molecule has 3 aliphatic rings. The van der Waals surface area contributed by atoms with Crippen molar-refractivity contribution in [1.29, 1.82) is 0 Å². The van der Waals surface area contributed by atoms with E-state index in [0.29, 0.717) is 45.6 Å². The standard InChI is InChI=1S/C25H29F3N4O6/c26-25(27,28)9-8-20(34)31-12-2-10-30(13-14-31)11-3-15-38-18-5-1-4-16-21(18)24(37)32(23(16)36)17-6-7-19(33)29-22(17)35/h1,4-5,17H,2-3,6-15H2,(H,29,33,35). The van der Waals surface area contributed by atoms with Crippen molar-refractivity contribution in [3.05, 3.63) is 29.3 Å². The van der Waals surface area contributed by atoms with Crippen molar-refractivity contribution in [2.24, 2.45) is 0 Å². The number of amides is 5. The Morgan fingerprint density at radius 3 is 2.58 bits per heavy atom. The molecular formula is C25H29F3N4O6. The molecule has 3 aliphatic heterocycles. The van der Waals surface area contributed by atoms with Crippen LogP contribution in [0.4, 0.5) is 13.2 Å². The Balaban J connectivity index is 1.28. The lowest BCUT2D eigenvalue weighted by molar-refractivity contribution is -0.149. The fraction of sp³-hybridized carbons (Fsp3) is 0.560. The number of imide groups is 2. The Kier molecular flexibility index (Phi) is 8.34. The number of alkyl halides is 3. The number of fused-ring (bicyclic) bond motifs is 1. The van der Waals surface area contributed by atoms with E-state index in [2.05, 4.69) is 10.2 Å². The van der Waals surface area contributed by atoms with Gasteiger partial charge in [0, 0.05) is 39.0 Å². The summed E-state index contributed by atoms with van der Waals surface area (Å²) in [6, 6.07) is 3.60. The monoisotopic (exact) mass is 538 g/mol. The lowest BCUT2D eigenvalue weighted by Gasteiger charge is -2.27. The van der Waals surface area contributed by atoms with E-state index in [1.165, 1.54) is 11.0 Å². The first-order valence-corrected chi connectivity index (χ1v) is 12.6. The molecule has 3 heterocycles. The Morgan fingerprint density at radius 2 is 1.84 bits per heavy atom. The number of nitrogens with one attached hydrogen (secondary N) is 1. The zero-order chi connectivity index (χ0) is 27.4. The number of halogens is 3. The first-order chi connectivity index (χ1) is 18.0. The van der Waals surface area contributed by atoms with Crippen LogP contribution >= 0.6 is 0 Å². The second-order valence-corrected chi connectivity index (χ2v) is 9.52. The third kappa shape index (κ3) is 6.32. The van der Waals surface area contributed by atoms with Crippen molar-refractivity contribution >= 4 is 29.5 Å². The molecule has 0 aliphatic carbocycles. The smallest absolute Gasteiger partial charge is 0.389 e. The molecule has 0 saturated carbocycles. The van der Waals surface area contributed by atoms with Crippen molar-refractivity contribution in [2.45, 2.75) is 50.7 Å². The third-order valence-electron chi connectivity index (χ3n) is 6.87. The fourth-order valence-electron chi connectivity index (χ4n) is 4.93. The largest absolute Gasteiger partial charge is 0.493 e. The van der Waals surface area contributed by atoms with E-state index in [1.807, 2.05) is 0 Å². The highest BCUT2D eigenvalue weighted by atomic mass is 19.4. The van der Waals surface area contributed by atoms with Crippen LogP contribution in [0.1, 0.15) is 59.2 Å². The number of rotatable bonds is 8. The van der Waals surface area contributed by atoms with Gasteiger partial charge in [0.25, 0.3) is 11.8 Å². The first-order valence-electron chi connectivity index (χ1n) is 12.6. The van der Waals surface area contributed by atoms with Crippen LogP contribution in [0.2, 0.25) is 0 Å². The maximum Gasteiger partial charge on any atom is 0.389 e. The maximum absolute atomic E-state index is 13.1. The summed E-state index contributed by atoms with van der Waals surface area (Å²) >= 11 is 0. The lowest BCUT2D eigenvalue weighted by Crippen LogP contribution is -2.54. The van der Waals surface area contributed by atoms with Gasteiger partial charge in [-0.25, -0.2) is 0 Å². The molecule has 2 fully saturated rings. The van der Waals surface area contributed by atoms with Crippen LogP contribution in [0.3, 0.4) is 0 Å². The summed E-state index contributed by atoms with van der Waals surface area (Å²) in [7, 11) is 0. The molecule has 1 N–H and O–H groups in total. The molecule has 5 amide bonds. The molecule has 38 heavy (non-hydrogen) atoms. The number of benzene rings is 1. The zero-order valence-electron chi connectivity index (χ0n) is 20.7. The van der Waals surface area contributed by atoms with Gasteiger partial charge in [0.05, 0.1) is 24.2 Å². The molecule has 0 aromatic heterocycles. The average Bonchev–Trinajstić information content (AvgIpc) is 3.01. The number of nitrogens with zero attached hydrogens (tertiary/aromatic N) is 3. The minimum atomic E-state index is -4.35. The Morgan fingerprint density at radius 1 is 1.05 bits per heavy atom. The zero-order valence-corrected chi connectivity index (χ0v) is 20.7. The molecule has 206 valence electrons. The molecule has 13 heteroatoms. The number of piperidine rings is 1. The van der Waals surface area contributed by atoms with Crippen LogP contribution in [0.5, 0.6) is 5.75 Å². The number of hydrogen-bond acceptors (Lipinski definition) is 7. The van der Waals surface area contributed by atoms with Gasteiger partial charge in [-0.15, -0.1) is 0 Å². The van der Waals surface area contributed by atoms with Crippen LogP contribution in [0.15, 0.2) is 18.2 Å². The lowest BCUT2D eigenvalue weighted by atomic mass is 10.0. The highest BCUT2D eigenvalue weighted by molar-refractivity contribution is 6.24. The van der Waals surface area contributed by atoms with Crippen molar-refractivity contribution in [2.75, 3.05) is 39.3 Å². The van der Waals surface area contributed by atoms with E-state index in [9.17, 15) is 37.1 Å². The predicted octanol–water partition coefficient (Wildman–Crippen LogP) is 1.73. The number of hydrogen-bond donors (Lipinski definition) is 1. The molecule has 0 spiro atoms. The number of carbonyl (C=O) groups excluding carboxylic acids is 5. The summed E-state index contributed by atoms with van der Waals surface area (Å²) in [5.41, 5.74) is 0.227. The van der Waals surface area contributed by atoms with Gasteiger partial charge in [0.2, 0.25) is 17.7 Å². The summed E-state index contributed by atoms with van der Waals surface area (Å²) in [4.78, 5) is 66.3. The average molecular weight is 539 g/mol. The van der Waals surface area contributed by atoms with Crippen LogP contribution < -0.4 is 10.1 Å². The molecule has 0 radical (unpaired) electrons. The molecular weight excluding hydrogens is 509 g/mol. The minimum absolute atomic E-state index is 0.0309. The first kappa shape index (κ1) is 27.6. The van der Waals surface area contributed by atoms with E-state index in [-0.39, 0.29) is 36.3 Å². The summed E-state index contributed by atoms with van der Waals surface area (Å²) in [6.07, 6.45) is -4.70.